The molecule has 2 N–H and O–H groups in total. The Hall–Kier alpha value is -1.34. The number of hydrogen-bond acceptors (Lipinski definition) is 3. The highest BCUT2D eigenvalue weighted by Gasteiger charge is 2.21. The Labute approximate surface area is 100 Å². The van der Waals surface area contributed by atoms with E-state index in [1.807, 2.05) is 6.92 Å². The molecule has 0 saturated carbocycles. The predicted octanol–water partition coefficient (Wildman–Crippen LogP) is 0.800. The third kappa shape index (κ3) is 3.07. The number of nitrogens with one attached hydrogen (secondary N) is 1. The Balaban J connectivity index is 3.08. The number of aromatic carboxylic acids is 1. The minimum absolute atomic E-state index is 0.0299. The number of hydrogen-bond donors (Lipinski definition) is 2. The van der Waals surface area contributed by atoms with E-state index in [0.29, 0.717) is 6.42 Å². The number of aryl methyl sites for hydroxylation is 1. The molecule has 0 aliphatic rings. The molecule has 1 unspecified atom stereocenters. The van der Waals surface area contributed by atoms with Gasteiger partial charge >= 0.3 is 5.97 Å². The van der Waals surface area contributed by atoms with E-state index in [2.05, 4.69) is 4.72 Å². The van der Waals surface area contributed by atoms with Crippen molar-refractivity contribution in [3.05, 3.63) is 18.0 Å². The van der Waals surface area contributed by atoms with Crippen LogP contribution in [0.4, 0.5) is 0 Å². The SMILES string of the molecule is CCC(C)NS(=O)(=O)c1cc(C(=O)O)n(C)c1. The third-order valence-corrected chi connectivity index (χ3v) is 4.03. The van der Waals surface area contributed by atoms with Crippen molar-refractivity contribution in [3.63, 3.8) is 0 Å². The summed E-state index contributed by atoms with van der Waals surface area (Å²) in [4.78, 5) is 10.8. The van der Waals surface area contributed by atoms with Gasteiger partial charge in [-0.05, 0) is 19.4 Å². The molecule has 1 aromatic rings. The first-order chi connectivity index (χ1) is 7.77. The van der Waals surface area contributed by atoms with Gasteiger partial charge in [0.1, 0.15) is 10.6 Å². The zero-order chi connectivity index (χ0) is 13.2. The molecule has 0 aliphatic heterocycles. The first kappa shape index (κ1) is 13.7. The van der Waals surface area contributed by atoms with Crippen molar-refractivity contribution in [1.82, 2.24) is 9.29 Å². The Morgan fingerprint density at radius 3 is 2.59 bits per heavy atom. The standard InChI is InChI=1S/C10H16N2O4S/c1-4-7(2)11-17(15,16)8-5-9(10(13)14)12(3)6-8/h5-7,11H,4H2,1-3H3,(H,13,14). The Morgan fingerprint density at radius 2 is 2.18 bits per heavy atom. The van der Waals surface area contributed by atoms with Crippen molar-refractivity contribution < 1.29 is 18.3 Å². The fourth-order valence-corrected chi connectivity index (χ4v) is 2.71. The molecular weight excluding hydrogens is 244 g/mol. The van der Waals surface area contributed by atoms with Gasteiger partial charge in [-0.3, -0.25) is 0 Å². The van der Waals surface area contributed by atoms with E-state index >= 15 is 0 Å². The molecule has 0 bridgehead atoms. The normalized spacial score (nSPS) is 13.6. The smallest absolute Gasteiger partial charge is 0.352 e. The van der Waals surface area contributed by atoms with E-state index in [1.54, 1.807) is 6.92 Å². The second-order valence-corrected chi connectivity index (χ2v) is 5.62. The van der Waals surface area contributed by atoms with Gasteiger partial charge in [-0.15, -0.1) is 0 Å². The molecule has 1 atom stereocenters. The first-order valence-electron chi connectivity index (χ1n) is 5.20. The molecule has 0 aromatic carbocycles. The molecule has 0 amide bonds. The number of sulfonamides is 1. The van der Waals surface area contributed by atoms with Crippen LogP contribution in [0.5, 0.6) is 0 Å². The summed E-state index contributed by atoms with van der Waals surface area (Å²) in [6, 6.07) is 0.959. The molecule has 0 aliphatic carbocycles. The fourth-order valence-electron chi connectivity index (χ4n) is 1.31. The van der Waals surface area contributed by atoms with Gasteiger partial charge in [0, 0.05) is 19.3 Å². The van der Waals surface area contributed by atoms with Crippen molar-refractivity contribution in [1.29, 1.82) is 0 Å². The van der Waals surface area contributed by atoms with Crippen molar-refractivity contribution in [2.75, 3.05) is 0 Å². The monoisotopic (exact) mass is 260 g/mol. The van der Waals surface area contributed by atoms with Crippen LogP contribution in [0, 0.1) is 0 Å². The van der Waals surface area contributed by atoms with Crippen molar-refractivity contribution in [2.45, 2.75) is 31.2 Å². The predicted molar refractivity (Wildman–Crippen MR) is 62.4 cm³/mol. The first-order valence-corrected chi connectivity index (χ1v) is 6.68. The zero-order valence-electron chi connectivity index (χ0n) is 9.97. The molecule has 0 radical (unpaired) electrons. The lowest BCUT2D eigenvalue weighted by Crippen LogP contribution is -2.31. The van der Waals surface area contributed by atoms with Crippen LogP contribution in [0.3, 0.4) is 0 Å². The van der Waals surface area contributed by atoms with Crippen LogP contribution in [-0.2, 0) is 17.1 Å². The Kier molecular flexibility index (Phi) is 3.94. The molecule has 17 heavy (non-hydrogen) atoms. The van der Waals surface area contributed by atoms with E-state index in [0.717, 1.165) is 6.07 Å². The number of aromatic nitrogens is 1. The van der Waals surface area contributed by atoms with Gasteiger partial charge in [0.05, 0.1) is 0 Å². The van der Waals surface area contributed by atoms with E-state index < -0.39 is 16.0 Å². The van der Waals surface area contributed by atoms with Crippen molar-refractivity contribution >= 4 is 16.0 Å². The number of nitrogens with zero attached hydrogens (tertiary/aromatic N) is 1. The average molecular weight is 260 g/mol. The number of rotatable bonds is 5. The molecule has 0 fully saturated rings. The lowest BCUT2D eigenvalue weighted by molar-refractivity contribution is 0.0686. The van der Waals surface area contributed by atoms with Crippen LogP contribution >= 0.6 is 0 Å². The lowest BCUT2D eigenvalue weighted by Gasteiger charge is -2.10. The van der Waals surface area contributed by atoms with Crippen LogP contribution in [0.25, 0.3) is 0 Å². The summed E-state index contributed by atoms with van der Waals surface area (Å²) in [7, 11) is -2.15. The Morgan fingerprint density at radius 1 is 1.59 bits per heavy atom. The van der Waals surface area contributed by atoms with Gasteiger partial charge in [-0.2, -0.15) is 0 Å². The molecule has 1 aromatic heterocycles. The Bertz CT molecular complexity index is 518. The van der Waals surface area contributed by atoms with Gasteiger partial charge in [0.25, 0.3) is 0 Å². The summed E-state index contributed by atoms with van der Waals surface area (Å²) >= 11 is 0. The summed E-state index contributed by atoms with van der Waals surface area (Å²) < 4.78 is 27.5. The maximum atomic E-state index is 11.9. The fraction of sp³-hybridized carbons (Fsp3) is 0.500. The zero-order valence-corrected chi connectivity index (χ0v) is 10.8. The minimum atomic E-state index is -3.64. The molecule has 6 nitrogen and oxygen atoms in total. The van der Waals surface area contributed by atoms with E-state index in [4.69, 9.17) is 5.11 Å². The van der Waals surface area contributed by atoms with Gasteiger partial charge < -0.3 is 9.67 Å². The quantitative estimate of drug-likeness (QED) is 0.819. The van der Waals surface area contributed by atoms with E-state index in [1.165, 1.54) is 17.8 Å². The molecule has 96 valence electrons. The highest BCUT2D eigenvalue weighted by molar-refractivity contribution is 7.89. The number of carboxylic acid groups (broad SMARTS) is 1. The average Bonchev–Trinajstić information content (AvgIpc) is 2.60. The van der Waals surface area contributed by atoms with Crippen LogP contribution < -0.4 is 4.72 Å². The van der Waals surface area contributed by atoms with Gasteiger partial charge in [-0.1, -0.05) is 6.92 Å². The molecule has 0 spiro atoms. The van der Waals surface area contributed by atoms with Crippen molar-refractivity contribution in [3.8, 4) is 0 Å². The summed E-state index contributed by atoms with van der Waals surface area (Å²) in [6.07, 6.45) is 1.95. The van der Waals surface area contributed by atoms with Crippen LogP contribution in [0.2, 0.25) is 0 Å². The highest BCUT2D eigenvalue weighted by atomic mass is 32.2. The number of carboxylic acids is 1. The molecule has 1 heterocycles. The third-order valence-electron chi connectivity index (χ3n) is 2.48. The lowest BCUT2D eigenvalue weighted by atomic mass is 10.3. The minimum Gasteiger partial charge on any atom is -0.477 e. The van der Waals surface area contributed by atoms with E-state index in [-0.39, 0.29) is 16.6 Å². The van der Waals surface area contributed by atoms with Crippen LogP contribution in [0.1, 0.15) is 30.8 Å². The van der Waals surface area contributed by atoms with Gasteiger partial charge in [0.2, 0.25) is 10.0 Å². The largest absolute Gasteiger partial charge is 0.477 e. The maximum Gasteiger partial charge on any atom is 0.352 e. The summed E-state index contributed by atoms with van der Waals surface area (Å²) in [5.74, 6) is -1.16. The van der Waals surface area contributed by atoms with E-state index in [9.17, 15) is 13.2 Å². The second-order valence-electron chi connectivity index (χ2n) is 3.91. The second kappa shape index (κ2) is 4.89. The summed E-state index contributed by atoms with van der Waals surface area (Å²) in [5, 5.41) is 8.84. The maximum absolute atomic E-state index is 11.9. The molecule has 0 saturated heterocycles. The van der Waals surface area contributed by atoms with Crippen LogP contribution in [0.15, 0.2) is 17.2 Å². The van der Waals surface area contributed by atoms with Gasteiger partial charge in [0.15, 0.2) is 0 Å². The molecular formula is C10H16N2O4S. The highest BCUT2D eigenvalue weighted by Crippen LogP contribution is 2.14. The van der Waals surface area contributed by atoms with Crippen LogP contribution in [-0.4, -0.2) is 30.1 Å². The van der Waals surface area contributed by atoms with Gasteiger partial charge in [-0.25, -0.2) is 17.9 Å². The summed E-state index contributed by atoms with van der Waals surface area (Å²) in [5.41, 5.74) is -0.0606. The summed E-state index contributed by atoms with van der Waals surface area (Å²) in [6.45, 7) is 3.61. The number of carbonyl (C=O) groups is 1. The topological polar surface area (TPSA) is 88.4 Å². The molecule has 1 rings (SSSR count). The molecule has 7 heteroatoms. The van der Waals surface area contributed by atoms with Crippen molar-refractivity contribution in [2.24, 2.45) is 7.05 Å².